The highest BCUT2D eigenvalue weighted by Gasteiger charge is 2.00. The van der Waals surface area contributed by atoms with Crippen LogP contribution in [0.5, 0.6) is 0 Å². The van der Waals surface area contributed by atoms with Crippen LogP contribution in [-0.4, -0.2) is 16.7 Å². The van der Waals surface area contributed by atoms with Gasteiger partial charge in [0.15, 0.2) is 0 Å². The zero-order chi connectivity index (χ0) is 11.9. The summed E-state index contributed by atoms with van der Waals surface area (Å²) in [6.07, 6.45) is 8.47. The largest absolute Gasteiger partial charge is 0.384 e. The number of nitrogens with zero attached hydrogens (tertiary/aromatic N) is 1. The first-order chi connectivity index (χ1) is 8.42. The highest BCUT2D eigenvalue weighted by Crippen LogP contribution is 2.20. The lowest BCUT2D eigenvalue weighted by Crippen LogP contribution is -2.01. The van der Waals surface area contributed by atoms with Crippen LogP contribution >= 0.6 is 0 Å². The predicted molar refractivity (Wildman–Crippen MR) is 73.3 cm³/mol. The number of H-pyrrole nitrogens is 1. The van der Waals surface area contributed by atoms with Crippen molar-refractivity contribution < 1.29 is 0 Å². The number of nitrogens with one attached hydrogen (secondary N) is 2. The monoisotopic (exact) mass is 231 g/mol. The Hall–Kier alpha value is -1.51. The highest BCUT2D eigenvalue weighted by atomic mass is 15.1. The smallest absolute Gasteiger partial charge is 0.0671 e. The highest BCUT2D eigenvalue weighted by molar-refractivity contribution is 5.90. The van der Waals surface area contributed by atoms with Gasteiger partial charge in [0.05, 0.1) is 11.7 Å². The van der Waals surface area contributed by atoms with E-state index < -0.39 is 0 Å². The Balaban J connectivity index is 1.80. The van der Waals surface area contributed by atoms with Crippen LogP contribution in [0.1, 0.15) is 39.0 Å². The number of aromatic nitrogens is 2. The van der Waals surface area contributed by atoms with E-state index in [1.807, 2.05) is 6.20 Å². The molecule has 0 aliphatic carbocycles. The second kappa shape index (κ2) is 6.28. The summed E-state index contributed by atoms with van der Waals surface area (Å²) >= 11 is 0. The Bertz CT molecular complexity index is 447. The fourth-order valence-corrected chi connectivity index (χ4v) is 2.07. The van der Waals surface area contributed by atoms with E-state index >= 15 is 0 Å². The minimum atomic E-state index is 1.05. The van der Waals surface area contributed by atoms with E-state index in [4.69, 9.17) is 0 Å². The Morgan fingerprint density at radius 3 is 2.94 bits per heavy atom. The molecule has 0 spiro atoms. The molecule has 2 N–H and O–H groups in total. The van der Waals surface area contributed by atoms with E-state index in [0.29, 0.717) is 0 Å². The number of fused-ring (bicyclic) bond motifs is 1. The lowest BCUT2D eigenvalue weighted by Gasteiger charge is -2.07. The Labute approximate surface area is 103 Å². The average Bonchev–Trinajstić information content (AvgIpc) is 2.82. The van der Waals surface area contributed by atoms with Gasteiger partial charge in [-0.1, -0.05) is 38.7 Å². The van der Waals surface area contributed by atoms with Gasteiger partial charge in [-0.15, -0.1) is 0 Å². The minimum absolute atomic E-state index is 1.05. The van der Waals surface area contributed by atoms with Gasteiger partial charge in [-0.3, -0.25) is 5.10 Å². The molecule has 2 rings (SSSR count). The zero-order valence-corrected chi connectivity index (χ0v) is 10.5. The third-order valence-electron chi connectivity index (χ3n) is 3.08. The molecule has 3 heteroatoms. The Morgan fingerprint density at radius 1 is 1.18 bits per heavy atom. The first-order valence-corrected chi connectivity index (χ1v) is 6.58. The Kier molecular flexibility index (Phi) is 4.42. The van der Waals surface area contributed by atoms with E-state index in [-0.39, 0.29) is 0 Å². The maximum Gasteiger partial charge on any atom is 0.0671 e. The van der Waals surface area contributed by atoms with Crippen LogP contribution in [0, 0.1) is 0 Å². The summed E-state index contributed by atoms with van der Waals surface area (Å²) in [5.74, 6) is 0. The van der Waals surface area contributed by atoms with Crippen molar-refractivity contribution in [1.82, 2.24) is 10.2 Å². The van der Waals surface area contributed by atoms with Crippen molar-refractivity contribution in [2.45, 2.75) is 39.0 Å². The summed E-state index contributed by atoms with van der Waals surface area (Å²) in [4.78, 5) is 0. The molecule has 0 atom stereocenters. The van der Waals surface area contributed by atoms with Gasteiger partial charge in [0, 0.05) is 17.6 Å². The lowest BCUT2D eigenvalue weighted by molar-refractivity contribution is 0.645. The number of rotatable bonds is 7. The van der Waals surface area contributed by atoms with Gasteiger partial charge in [0.1, 0.15) is 0 Å². The first-order valence-electron chi connectivity index (χ1n) is 6.58. The predicted octanol–water partition coefficient (Wildman–Crippen LogP) is 3.95. The van der Waals surface area contributed by atoms with Gasteiger partial charge in [-0.25, -0.2) is 0 Å². The van der Waals surface area contributed by atoms with E-state index in [9.17, 15) is 0 Å². The number of aromatic amines is 1. The van der Waals surface area contributed by atoms with E-state index in [0.717, 1.165) is 12.1 Å². The lowest BCUT2D eigenvalue weighted by atomic mass is 10.1. The molecule has 0 aliphatic heterocycles. The first kappa shape index (κ1) is 12.0. The normalized spacial score (nSPS) is 10.9. The van der Waals surface area contributed by atoms with Crippen molar-refractivity contribution in [3.63, 3.8) is 0 Å². The number of benzene rings is 1. The molecule has 0 radical (unpaired) electrons. The quantitative estimate of drug-likeness (QED) is 0.708. The molecule has 92 valence electrons. The fourth-order valence-electron chi connectivity index (χ4n) is 2.07. The molecule has 3 nitrogen and oxygen atoms in total. The molecule has 0 fully saturated rings. The van der Waals surface area contributed by atoms with Crippen LogP contribution in [0.2, 0.25) is 0 Å². The average molecular weight is 231 g/mol. The van der Waals surface area contributed by atoms with Crippen LogP contribution in [0.3, 0.4) is 0 Å². The molecule has 1 heterocycles. The number of unbranched alkanes of at least 4 members (excludes halogenated alkanes) is 4. The standard InChI is InChI=1S/C14H21N3/c1-2-3-4-5-6-10-15-13-8-7-9-14-12(13)11-16-17-14/h7-9,11,15H,2-6,10H2,1H3,(H,16,17). The zero-order valence-electron chi connectivity index (χ0n) is 10.5. The summed E-state index contributed by atoms with van der Waals surface area (Å²) in [5, 5.41) is 11.7. The number of anilines is 1. The van der Waals surface area contributed by atoms with Gasteiger partial charge in [0.25, 0.3) is 0 Å². The van der Waals surface area contributed by atoms with Gasteiger partial charge in [0.2, 0.25) is 0 Å². The Morgan fingerprint density at radius 2 is 2.06 bits per heavy atom. The van der Waals surface area contributed by atoms with E-state index in [1.54, 1.807) is 0 Å². The summed E-state index contributed by atoms with van der Waals surface area (Å²) in [6.45, 7) is 3.30. The third-order valence-corrected chi connectivity index (χ3v) is 3.08. The second-order valence-corrected chi connectivity index (χ2v) is 4.48. The summed E-state index contributed by atoms with van der Waals surface area (Å²) in [7, 11) is 0. The molecule has 17 heavy (non-hydrogen) atoms. The molecule has 2 aromatic rings. The summed E-state index contributed by atoms with van der Waals surface area (Å²) in [5.41, 5.74) is 2.28. The van der Waals surface area contributed by atoms with Crippen LogP contribution < -0.4 is 5.32 Å². The van der Waals surface area contributed by atoms with Crippen molar-refractivity contribution >= 4 is 16.6 Å². The van der Waals surface area contributed by atoms with Crippen molar-refractivity contribution in [3.05, 3.63) is 24.4 Å². The van der Waals surface area contributed by atoms with Crippen LogP contribution in [0.15, 0.2) is 24.4 Å². The topological polar surface area (TPSA) is 40.7 Å². The molecule has 0 unspecified atom stereocenters. The van der Waals surface area contributed by atoms with Crippen molar-refractivity contribution in [2.75, 3.05) is 11.9 Å². The van der Waals surface area contributed by atoms with Gasteiger partial charge < -0.3 is 5.32 Å². The second-order valence-electron chi connectivity index (χ2n) is 4.48. The van der Waals surface area contributed by atoms with Crippen LogP contribution in [0.25, 0.3) is 10.9 Å². The molecule has 0 bridgehead atoms. The molecule has 1 aromatic carbocycles. The maximum absolute atomic E-state index is 4.07. The summed E-state index contributed by atoms with van der Waals surface area (Å²) in [6, 6.07) is 6.22. The molecular formula is C14H21N3. The van der Waals surface area contributed by atoms with Gasteiger partial charge in [-0.05, 0) is 18.6 Å². The minimum Gasteiger partial charge on any atom is -0.384 e. The SMILES string of the molecule is CCCCCCCNc1cccc2[nH]ncc12. The molecule has 0 aliphatic rings. The fraction of sp³-hybridized carbons (Fsp3) is 0.500. The molecule has 0 amide bonds. The van der Waals surface area contributed by atoms with E-state index in [1.165, 1.54) is 43.2 Å². The summed E-state index contributed by atoms with van der Waals surface area (Å²) < 4.78 is 0. The van der Waals surface area contributed by atoms with Gasteiger partial charge in [-0.2, -0.15) is 5.10 Å². The van der Waals surface area contributed by atoms with Crippen LogP contribution in [-0.2, 0) is 0 Å². The maximum atomic E-state index is 4.07. The van der Waals surface area contributed by atoms with E-state index in [2.05, 4.69) is 40.6 Å². The molecule has 1 aromatic heterocycles. The van der Waals surface area contributed by atoms with Crippen LogP contribution in [0.4, 0.5) is 5.69 Å². The van der Waals surface area contributed by atoms with Crippen molar-refractivity contribution in [2.24, 2.45) is 0 Å². The molecule has 0 saturated heterocycles. The van der Waals surface area contributed by atoms with Gasteiger partial charge >= 0.3 is 0 Å². The van der Waals surface area contributed by atoms with Crippen molar-refractivity contribution in [3.8, 4) is 0 Å². The molecule has 0 saturated carbocycles. The number of hydrogen-bond donors (Lipinski definition) is 2. The third kappa shape index (κ3) is 3.22. The number of hydrogen-bond acceptors (Lipinski definition) is 2. The molecular weight excluding hydrogens is 210 g/mol. The van der Waals surface area contributed by atoms with Crippen molar-refractivity contribution in [1.29, 1.82) is 0 Å².